The normalized spacial score (nSPS) is 22.2. The van der Waals surface area contributed by atoms with Crippen LogP contribution in [-0.2, 0) is 16.1 Å². The van der Waals surface area contributed by atoms with Gasteiger partial charge in [0.2, 0.25) is 0 Å². The van der Waals surface area contributed by atoms with Crippen LogP contribution >= 0.6 is 0 Å². The molecule has 1 fully saturated rings. The second-order valence-corrected chi connectivity index (χ2v) is 4.45. The van der Waals surface area contributed by atoms with Gasteiger partial charge in [-0.1, -0.05) is 37.3 Å². The van der Waals surface area contributed by atoms with Crippen LogP contribution in [0.25, 0.3) is 0 Å². The Morgan fingerprint density at radius 1 is 1.39 bits per heavy atom. The number of hydrogen-bond donors (Lipinski definition) is 1. The zero-order valence-electron chi connectivity index (χ0n) is 10.1. The van der Waals surface area contributed by atoms with Crippen LogP contribution in [0.2, 0.25) is 0 Å². The standard InChI is InChI=1S/C13H15NO4/c1-9-7-14(13(16)17)11(9)12(15)18-8-10-5-3-2-4-6-10/h2-6,9,11H,7-8H2,1H3,(H,16,17)/t9-,11?/m0/s1. The number of esters is 1. The van der Waals surface area contributed by atoms with Gasteiger partial charge < -0.3 is 9.84 Å². The summed E-state index contributed by atoms with van der Waals surface area (Å²) in [5, 5.41) is 8.87. The van der Waals surface area contributed by atoms with Crippen molar-refractivity contribution in [2.75, 3.05) is 6.54 Å². The van der Waals surface area contributed by atoms with E-state index in [9.17, 15) is 9.59 Å². The van der Waals surface area contributed by atoms with E-state index in [1.165, 1.54) is 0 Å². The van der Waals surface area contributed by atoms with Gasteiger partial charge in [0.1, 0.15) is 12.6 Å². The minimum Gasteiger partial charge on any atom is -0.465 e. The van der Waals surface area contributed by atoms with Crippen LogP contribution in [0.3, 0.4) is 0 Å². The monoisotopic (exact) mass is 249 g/mol. The van der Waals surface area contributed by atoms with E-state index in [0.717, 1.165) is 10.5 Å². The molecule has 2 rings (SSSR count). The van der Waals surface area contributed by atoms with Gasteiger partial charge in [0.15, 0.2) is 0 Å². The van der Waals surface area contributed by atoms with E-state index in [2.05, 4.69) is 0 Å². The van der Waals surface area contributed by atoms with Crippen LogP contribution < -0.4 is 0 Å². The van der Waals surface area contributed by atoms with E-state index in [1.807, 2.05) is 37.3 Å². The number of benzene rings is 1. The lowest BCUT2D eigenvalue weighted by Gasteiger charge is -2.42. The van der Waals surface area contributed by atoms with E-state index < -0.39 is 18.1 Å². The molecule has 1 unspecified atom stereocenters. The van der Waals surface area contributed by atoms with Crippen molar-refractivity contribution in [2.45, 2.75) is 19.6 Å². The summed E-state index contributed by atoms with van der Waals surface area (Å²) in [6.07, 6.45) is -1.07. The summed E-state index contributed by atoms with van der Waals surface area (Å²) in [7, 11) is 0. The molecule has 2 atom stereocenters. The highest BCUT2D eigenvalue weighted by Gasteiger charge is 2.45. The topological polar surface area (TPSA) is 66.8 Å². The molecule has 0 saturated carbocycles. The molecule has 5 heteroatoms. The second-order valence-electron chi connectivity index (χ2n) is 4.45. The first kappa shape index (κ1) is 12.4. The fourth-order valence-corrected chi connectivity index (χ4v) is 2.06. The molecule has 96 valence electrons. The summed E-state index contributed by atoms with van der Waals surface area (Å²) in [6.45, 7) is 2.41. The van der Waals surface area contributed by atoms with E-state index in [1.54, 1.807) is 0 Å². The molecule has 1 aliphatic rings. The molecule has 0 aromatic heterocycles. The van der Waals surface area contributed by atoms with Gasteiger partial charge in [-0.15, -0.1) is 0 Å². The van der Waals surface area contributed by atoms with Crippen molar-refractivity contribution in [2.24, 2.45) is 5.92 Å². The van der Waals surface area contributed by atoms with Crippen molar-refractivity contribution in [3.63, 3.8) is 0 Å². The SMILES string of the molecule is C[C@H]1CN(C(=O)O)C1C(=O)OCc1ccccc1. The Bertz CT molecular complexity index is 446. The van der Waals surface area contributed by atoms with Crippen molar-refractivity contribution >= 4 is 12.1 Å². The Labute approximate surface area is 105 Å². The van der Waals surface area contributed by atoms with Crippen molar-refractivity contribution in [1.82, 2.24) is 4.90 Å². The number of rotatable bonds is 3. The van der Waals surface area contributed by atoms with Crippen molar-refractivity contribution in [1.29, 1.82) is 0 Å². The van der Waals surface area contributed by atoms with Gasteiger partial charge in [0.25, 0.3) is 0 Å². The maximum Gasteiger partial charge on any atom is 0.408 e. The lowest BCUT2D eigenvalue weighted by Crippen LogP contribution is -2.61. The quantitative estimate of drug-likeness (QED) is 0.828. The molecule has 0 bridgehead atoms. The third kappa shape index (κ3) is 2.45. The second kappa shape index (κ2) is 5.08. The fraction of sp³-hybridized carbons (Fsp3) is 0.385. The van der Waals surface area contributed by atoms with Gasteiger partial charge in [-0.25, -0.2) is 9.59 Å². The number of carbonyl (C=O) groups excluding carboxylic acids is 1. The molecule has 1 saturated heterocycles. The van der Waals surface area contributed by atoms with Gasteiger partial charge in [-0.05, 0) is 5.56 Å². The van der Waals surface area contributed by atoms with Gasteiger partial charge in [-0.3, -0.25) is 4.90 Å². The fourth-order valence-electron chi connectivity index (χ4n) is 2.06. The van der Waals surface area contributed by atoms with Gasteiger partial charge in [-0.2, -0.15) is 0 Å². The third-order valence-corrected chi connectivity index (χ3v) is 3.07. The summed E-state index contributed by atoms with van der Waals surface area (Å²) in [6, 6.07) is 8.65. The summed E-state index contributed by atoms with van der Waals surface area (Å²) in [5.74, 6) is -0.454. The minimum atomic E-state index is -1.07. The largest absolute Gasteiger partial charge is 0.465 e. The van der Waals surface area contributed by atoms with E-state index >= 15 is 0 Å². The molecule has 1 N–H and O–H groups in total. The summed E-state index contributed by atoms with van der Waals surface area (Å²) in [5.41, 5.74) is 0.889. The molecule has 1 aromatic carbocycles. The number of hydrogen-bond acceptors (Lipinski definition) is 3. The number of carbonyl (C=O) groups is 2. The highest BCUT2D eigenvalue weighted by molar-refractivity contribution is 5.83. The lowest BCUT2D eigenvalue weighted by atomic mass is 9.91. The molecule has 1 aromatic rings. The highest BCUT2D eigenvalue weighted by Crippen LogP contribution is 2.25. The lowest BCUT2D eigenvalue weighted by molar-refractivity contribution is -0.158. The van der Waals surface area contributed by atoms with E-state index in [0.29, 0.717) is 6.54 Å². The smallest absolute Gasteiger partial charge is 0.408 e. The Morgan fingerprint density at radius 3 is 2.61 bits per heavy atom. The Kier molecular flexibility index (Phi) is 3.50. The average Bonchev–Trinajstić information content (AvgIpc) is 2.34. The van der Waals surface area contributed by atoms with E-state index in [-0.39, 0.29) is 12.5 Å². The summed E-state index contributed by atoms with van der Waals surface area (Å²) < 4.78 is 5.14. The van der Waals surface area contributed by atoms with Gasteiger partial charge in [0, 0.05) is 12.5 Å². The number of amides is 1. The Morgan fingerprint density at radius 2 is 2.06 bits per heavy atom. The van der Waals surface area contributed by atoms with Crippen molar-refractivity contribution in [3.05, 3.63) is 35.9 Å². The maximum absolute atomic E-state index is 11.8. The molecule has 1 aliphatic heterocycles. The molecule has 0 radical (unpaired) electrons. The Balaban J connectivity index is 1.90. The number of ether oxygens (including phenoxy) is 1. The van der Waals surface area contributed by atoms with Crippen LogP contribution in [0.15, 0.2) is 30.3 Å². The van der Waals surface area contributed by atoms with Gasteiger partial charge in [0.05, 0.1) is 0 Å². The van der Waals surface area contributed by atoms with Crippen LogP contribution in [-0.4, -0.2) is 34.7 Å². The molecular formula is C13H15NO4. The number of nitrogens with zero attached hydrogens (tertiary/aromatic N) is 1. The average molecular weight is 249 g/mol. The minimum absolute atomic E-state index is 0.0179. The first-order valence-electron chi connectivity index (χ1n) is 5.79. The number of likely N-dealkylation sites (tertiary alicyclic amines) is 1. The van der Waals surface area contributed by atoms with Crippen LogP contribution in [0.4, 0.5) is 4.79 Å². The molecular weight excluding hydrogens is 234 g/mol. The highest BCUT2D eigenvalue weighted by atomic mass is 16.5. The molecule has 0 aliphatic carbocycles. The molecule has 1 heterocycles. The zero-order chi connectivity index (χ0) is 13.1. The summed E-state index contributed by atoms with van der Waals surface area (Å²) >= 11 is 0. The molecule has 1 amide bonds. The maximum atomic E-state index is 11.8. The number of carboxylic acid groups (broad SMARTS) is 1. The first-order valence-corrected chi connectivity index (χ1v) is 5.79. The van der Waals surface area contributed by atoms with Crippen LogP contribution in [0, 0.1) is 5.92 Å². The zero-order valence-corrected chi connectivity index (χ0v) is 10.1. The van der Waals surface area contributed by atoms with Crippen LogP contribution in [0.1, 0.15) is 12.5 Å². The predicted molar refractivity (Wildman–Crippen MR) is 63.9 cm³/mol. The molecule has 0 spiro atoms. The van der Waals surface area contributed by atoms with Crippen molar-refractivity contribution in [3.8, 4) is 0 Å². The van der Waals surface area contributed by atoms with Crippen molar-refractivity contribution < 1.29 is 19.4 Å². The first-order chi connectivity index (χ1) is 8.59. The third-order valence-electron chi connectivity index (χ3n) is 3.07. The summed E-state index contributed by atoms with van der Waals surface area (Å²) in [4.78, 5) is 23.7. The van der Waals surface area contributed by atoms with Gasteiger partial charge >= 0.3 is 12.1 Å². The van der Waals surface area contributed by atoms with Crippen LogP contribution in [0.5, 0.6) is 0 Å². The predicted octanol–water partition coefficient (Wildman–Crippen LogP) is 1.73. The molecule has 5 nitrogen and oxygen atoms in total. The molecule has 18 heavy (non-hydrogen) atoms. The Hall–Kier alpha value is -2.04. The van der Waals surface area contributed by atoms with E-state index in [4.69, 9.17) is 9.84 Å².